The predicted octanol–water partition coefficient (Wildman–Crippen LogP) is 4.03. The molecule has 0 unspecified atom stereocenters. The zero-order chi connectivity index (χ0) is 33.5. The molecule has 2 aromatic rings. The van der Waals surface area contributed by atoms with Crippen molar-refractivity contribution in [3.05, 3.63) is 51.5 Å². The molecule has 0 aliphatic heterocycles. The van der Waals surface area contributed by atoms with Crippen molar-refractivity contribution in [2.75, 3.05) is 7.11 Å². The van der Waals surface area contributed by atoms with Crippen molar-refractivity contribution in [2.24, 2.45) is 0 Å². The summed E-state index contributed by atoms with van der Waals surface area (Å²) in [5.74, 6) is -2.44. The number of benzene rings is 2. The SMILES string of the molecule is COC(=O)[C@H](Cc1cc(Br)c(O)c(Br)c1)NC(=O)[C@@H](NC(=O)[C@H](Cc1cc(I)c(O)c(I)c1)NC(=O)OC(C)(C)C)[C@@H](C)O. The van der Waals surface area contributed by atoms with Crippen molar-refractivity contribution >= 4 is 101 Å². The third-order valence-corrected chi connectivity index (χ3v) is 8.76. The van der Waals surface area contributed by atoms with E-state index in [1.165, 1.54) is 6.92 Å². The van der Waals surface area contributed by atoms with E-state index in [0.29, 0.717) is 27.2 Å². The third kappa shape index (κ3) is 11.5. The maximum atomic E-state index is 13.5. The number of aliphatic hydroxyl groups is 1. The lowest BCUT2D eigenvalue weighted by Crippen LogP contribution is -2.59. The van der Waals surface area contributed by atoms with E-state index >= 15 is 0 Å². The number of hydrogen-bond acceptors (Lipinski definition) is 9. The van der Waals surface area contributed by atoms with Gasteiger partial charge < -0.3 is 40.7 Å². The van der Waals surface area contributed by atoms with Crippen LogP contribution >= 0.6 is 77.0 Å². The zero-order valence-corrected chi connectivity index (χ0v) is 31.8. The first kappa shape index (κ1) is 38.3. The molecule has 44 heavy (non-hydrogen) atoms. The van der Waals surface area contributed by atoms with Gasteiger partial charge in [0.15, 0.2) is 0 Å². The predicted molar refractivity (Wildman–Crippen MR) is 185 cm³/mol. The van der Waals surface area contributed by atoms with Gasteiger partial charge in [0.2, 0.25) is 11.8 Å². The number of amides is 3. The number of esters is 1. The molecule has 242 valence electrons. The molecule has 3 amide bonds. The Morgan fingerprint density at radius 1 is 0.841 bits per heavy atom. The third-order valence-electron chi connectivity index (χ3n) is 5.91. The van der Waals surface area contributed by atoms with Crippen LogP contribution in [0.1, 0.15) is 38.8 Å². The van der Waals surface area contributed by atoms with Crippen LogP contribution in [0.3, 0.4) is 0 Å². The Bertz CT molecular complexity index is 1360. The summed E-state index contributed by atoms with van der Waals surface area (Å²) in [6, 6.07) is 2.42. The molecule has 0 aromatic heterocycles. The minimum absolute atomic E-state index is 0.0408. The van der Waals surface area contributed by atoms with Gasteiger partial charge in [0.05, 0.1) is 29.3 Å². The Hall–Kier alpha value is -1.90. The molecule has 0 bridgehead atoms. The molecule has 0 heterocycles. The largest absolute Gasteiger partial charge is 0.506 e. The smallest absolute Gasteiger partial charge is 0.408 e. The molecular formula is C28H33Br2I2N3O9. The number of alkyl carbamates (subject to hydrolysis) is 1. The molecule has 2 aromatic carbocycles. The van der Waals surface area contributed by atoms with Crippen LogP contribution in [0.15, 0.2) is 33.2 Å². The van der Waals surface area contributed by atoms with Gasteiger partial charge in [0, 0.05) is 12.8 Å². The second-order valence-corrected chi connectivity index (χ2v) is 14.8. The maximum absolute atomic E-state index is 13.5. The van der Waals surface area contributed by atoms with E-state index in [9.17, 15) is 34.5 Å². The summed E-state index contributed by atoms with van der Waals surface area (Å²) >= 11 is 10.3. The highest BCUT2D eigenvalue weighted by Gasteiger charge is 2.33. The number of carbonyl (C=O) groups is 4. The first-order valence-electron chi connectivity index (χ1n) is 13.0. The fourth-order valence-electron chi connectivity index (χ4n) is 3.86. The lowest BCUT2D eigenvalue weighted by molar-refractivity contribution is -0.145. The lowest BCUT2D eigenvalue weighted by Gasteiger charge is -2.27. The van der Waals surface area contributed by atoms with Crippen LogP contribution in [0, 0.1) is 7.14 Å². The Morgan fingerprint density at radius 3 is 1.82 bits per heavy atom. The minimum atomic E-state index is -1.53. The van der Waals surface area contributed by atoms with Gasteiger partial charge in [-0.05, 0) is 140 Å². The van der Waals surface area contributed by atoms with Gasteiger partial charge in [-0.15, -0.1) is 0 Å². The number of halogens is 4. The Labute approximate surface area is 298 Å². The molecular weight excluding hydrogens is 936 g/mol. The number of aromatic hydroxyl groups is 2. The molecule has 12 nitrogen and oxygen atoms in total. The molecule has 6 N–H and O–H groups in total. The second kappa shape index (κ2) is 16.6. The Morgan fingerprint density at radius 2 is 1.34 bits per heavy atom. The van der Waals surface area contributed by atoms with Gasteiger partial charge in [-0.3, -0.25) is 9.59 Å². The van der Waals surface area contributed by atoms with Gasteiger partial charge in [0.1, 0.15) is 35.2 Å². The van der Waals surface area contributed by atoms with Crippen LogP contribution in [0.4, 0.5) is 4.79 Å². The summed E-state index contributed by atoms with van der Waals surface area (Å²) in [7, 11) is 1.15. The summed E-state index contributed by atoms with van der Waals surface area (Å²) in [4.78, 5) is 52.1. The molecule has 4 atom stereocenters. The summed E-state index contributed by atoms with van der Waals surface area (Å²) in [6.45, 7) is 6.27. The van der Waals surface area contributed by atoms with Crippen LogP contribution in [-0.4, -0.2) is 76.1 Å². The van der Waals surface area contributed by atoms with Gasteiger partial charge in [-0.1, -0.05) is 0 Å². The van der Waals surface area contributed by atoms with Crippen molar-refractivity contribution in [1.82, 2.24) is 16.0 Å². The maximum Gasteiger partial charge on any atom is 0.408 e. The van der Waals surface area contributed by atoms with Crippen molar-refractivity contribution < 1.29 is 44.0 Å². The standard InChI is InChI=1S/C28H33Br2I2N3O9/c1-12(36)21(25(40)33-20(26(41)43-5)11-13-6-15(29)22(37)16(30)7-13)35-24(39)19(34-27(42)44-28(2,3)4)10-14-8-17(31)23(38)18(32)9-14/h6-9,12,19-21,36-38H,10-11H2,1-5H3,(H,33,40)(H,34,42)(H,35,39)/t12-,19+,20+,21+/m1/s1. The monoisotopic (exact) mass is 967 g/mol. The van der Waals surface area contributed by atoms with Crippen LogP contribution < -0.4 is 16.0 Å². The first-order valence-corrected chi connectivity index (χ1v) is 16.8. The number of phenolic OH excluding ortho intramolecular Hbond substituents is 2. The quantitative estimate of drug-likeness (QED) is 0.143. The number of hydrogen-bond donors (Lipinski definition) is 6. The number of aliphatic hydroxyl groups excluding tert-OH is 1. The second-order valence-electron chi connectivity index (χ2n) is 10.7. The highest BCUT2D eigenvalue weighted by Crippen LogP contribution is 2.34. The molecule has 0 saturated heterocycles. The Kier molecular flexibility index (Phi) is 14.4. The van der Waals surface area contributed by atoms with E-state index in [4.69, 9.17) is 9.47 Å². The van der Waals surface area contributed by atoms with Crippen LogP contribution in [0.25, 0.3) is 0 Å². The molecule has 2 rings (SSSR count). The first-order chi connectivity index (χ1) is 20.3. The van der Waals surface area contributed by atoms with E-state index in [0.717, 1.165) is 7.11 Å². The average Bonchev–Trinajstić information content (AvgIpc) is 2.90. The van der Waals surface area contributed by atoms with Crippen molar-refractivity contribution in [3.63, 3.8) is 0 Å². The van der Waals surface area contributed by atoms with Crippen molar-refractivity contribution in [2.45, 2.75) is 70.4 Å². The number of nitrogens with one attached hydrogen (secondary N) is 3. The van der Waals surface area contributed by atoms with Crippen molar-refractivity contribution in [1.29, 1.82) is 0 Å². The summed E-state index contributed by atoms with van der Waals surface area (Å²) < 4.78 is 11.9. The molecule has 0 spiro atoms. The van der Waals surface area contributed by atoms with Gasteiger partial charge in [0.25, 0.3) is 0 Å². The van der Waals surface area contributed by atoms with E-state index in [1.54, 1.807) is 45.0 Å². The summed E-state index contributed by atoms with van der Waals surface area (Å²) in [5, 5.41) is 38.1. The number of phenols is 2. The fourth-order valence-corrected chi connectivity index (χ4v) is 7.04. The fraction of sp³-hybridized carbons (Fsp3) is 0.429. The highest BCUT2D eigenvalue weighted by molar-refractivity contribution is 14.1. The summed E-state index contributed by atoms with van der Waals surface area (Å²) in [5.41, 5.74) is 0.291. The molecule has 0 radical (unpaired) electrons. The zero-order valence-electron chi connectivity index (χ0n) is 24.3. The molecule has 0 fully saturated rings. The molecule has 0 aliphatic rings. The van der Waals surface area contributed by atoms with Gasteiger partial charge in [-0.2, -0.15) is 0 Å². The van der Waals surface area contributed by atoms with Crippen LogP contribution in [0.5, 0.6) is 11.5 Å². The van der Waals surface area contributed by atoms with Crippen molar-refractivity contribution in [3.8, 4) is 11.5 Å². The number of carbonyl (C=O) groups excluding carboxylic acids is 4. The molecule has 0 aliphatic carbocycles. The van der Waals surface area contributed by atoms with Gasteiger partial charge >= 0.3 is 12.1 Å². The number of methoxy groups -OCH3 is 1. The van der Waals surface area contributed by atoms with E-state index < -0.39 is 53.7 Å². The lowest BCUT2D eigenvalue weighted by atomic mass is 10.0. The highest BCUT2D eigenvalue weighted by atomic mass is 127. The Balaban J connectivity index is 2.33. The topological polar surface area (TPSA) is 184 Å². The number of ether oxygens (including phenoxy) is 2. The van der Waals surface area contributed by atoms with Crippen LogP contribution in [0.2, 0.25) is 0 Å². The van der Waals surface area contributed by atoms with E-state index in [1.807, 2.05) is 45.2 Å². The van der Waals surface area contributed by atoms with Crippen LogP contribution in [-0.2, 0) is 36.7 Å². The average molecular weight is 969 g/mol. The van der Waals surface area contributed by atoms with Gasteiger partial charge in [-0.25, -0.2) is 9.59 Å². The number of rotatable bonds is 11. The van der Waals surface area contributed by atoms with E-state index in [2.05, 4.69) is 47.8 Å². The minimum Gasteiger partial charge on any atom is -0.506 e. The van der Waals surface area contributed by atoms with E-state index in [-0.39, 0.29) is 24.3 Å². The molecule has 0 saturated carbocycles. The summed E-state index contributed by atoms with van der Waals surface area (Å²) in [6.07, 6.45) is -2.37. The normalized spacial score (nSPS) is 14.0. The molecule has 16 heteroatoms.